The zero-order valence-electron chi connectivity index (χ0n) is 13.0. The lowest BCUT2D eigenvalue weighted by atomic mass is 10.3. The maximum absolute atomic E-state index is 12.5. The maximum atomic E-state index is 12.5. The van der Waals surface area contributed by atoms with Crippen molar-refractivity contribution in [3.63, 3.8) is 0 Å². The van der Waals surface area contributed by atoms with Gasteiger partial charge in [-0.1, -0.05) is 35.0 Å². The van der Waals surface area contributed by atoms with Gasteiger partial charge in [-0.15, -0.1) is 0 Å². The van der Waals surface area contributed by atoms with Gasteiger partial charge in [0, 0.05) is 35.0 Å². The van der Waals surface area contributed by atoms with Gasteiger partial charge < -0.3 is 4.57 Å². The highest BCUT2D eigenvalue weighted by atomic mass is 35.5. The van der Waals surface area contributed by atoms with E-state index < -0.39 is 10.0 Å². The maximum Gasteiger partial charge on any atom is 0.263 e. The van der Waals surface area contributed by atoms with Gasteiger partial charge in [0.25, 0.3) is 10.0 Å². The Labute approximate surface area is 160 Å². The minimum atomic E-state index is -3.83. The van der Waals surface area contributed by atoms with E-state index in [4.69, 9.17) is 23.2 Å². The highest BCUT2D eigenvalue weighted by molar-refractivity contribution is 7.99. The molecule has 1 heterocycles. The van der Waals surface area contributed by atoms with Crippen molar-refractivity contribution in [1.82, 2.24) is 9.55 Å². The van der Waals surface area contributed by atoms with Gasteiger partial charge >= 0.3 is 0 Å². The molecule has 1 N–H and O–H groups in total. The second kappa shape index (κ2) is 7.29. The van der Waals surface area contributed by atoms with Gasteiger partial charge in [0.2, 0.25) is 0 Å². The molecule has 2 aromatic carbocycles. The summed E-state index contributed by atoms with van der Waals surface area (Å²) < 4.78 is 29.4. The molecule has 0 saturated carbocycles. The molecule has 3 aromatic rings. The number of hydrogen-bond acceptors (Lipinski definition) is 4. The van der Waals surface area contributed by atoms with Crippen LogP contribution in [0.4, 0.5) is 5.69 Å². The molecule has 0 spiro atoms. The molecule has 5 nitrogen and oxygen atoms in total. The summed E-state index contributed by atoms with van der Waals surface area (Å²) >= 11 is 13.3. The van der Waals surface area contributed by atoms with Crippen LogP contribution in [0.1, 0.15) is 0 Å². The Kier molecular flexibility index (Phi) is 5.29. The number of imidazole rings is 1. The molecule has 3 rings (SSSR count). The summed E-state index contributed by atoms with van der Waals surface area (Å²) in [6.45, 7) is 0. The van der Waals surface area contributed by atoms with Crippen molar-refractivity contribution in [1.29, 1.82) is 0 Å². The third-order valence-electron chi connectivity index (χ3n) is 3.28. The Morgan fingerprint density at radius 2 is 1.84 bits per heavy atom. The van der Waals surface area contributed by atoms with E-state index in [-0.39, 0.29) is 9.92 Å². The molecule has 0 radical (unpaired) electrons. The monoisotopic (exact) mass is 413 g/mol. The topological polar surface area (TPSA) is 64.0 Å². The summed E-state index contributed by atoms with van der Waals surface area (Å²) in [6.07, 6.45) is 3.58. The summed E-state index contributed by atoms with van der Waals surface area (Å²) in [6, 6.07) is 11.3. The van der Waals surface area contributed by atoms with Gasteiger partial charge in [0.15, 0.2) is 5.16 Å². The number of aryl methyl sites for hydroxylation is 1. The number of benzene rings is 2. The van der Waals surface area contributed by atoms with Crippen molar-refractivity contribution >= 4 is 50.7 Å². The fourth-order valence-electron chi connectivity index (χ4n) is 2.04. The zero-order chi connectivity index (χ0) is 18.0. The molecule has 0 fully saturated rings. The Hall–Kier alpha value is -1.67. The molecular formula is C16H13Cl2N3O2S2. The van der Waals surface area contributed by atoms with Crippen LogP contribution in [0.5, 0.6) is 0 Å². The highest BCUT2D eigenvalue weighted by Gasteiger charge is 2.18. The first-order valence-corrected chi connectivity index (χ1v) is 10.1. The quantitative estimate of drug-likeness (QED) is 0.659. The molecule has 0 aliphatic carbocycles. The van der Waals surface area contributed by atoms with E-state index in [0.29, 0.717) is 10.7 Å². The predicted octanol–water partition coefficient (Wildman–Crippen LogP) is 4.68. The van der Waals surface area contributed by atoms with Crippen LogP contribution in [-0.2, 0) is 17.1 Å². The molecule has 0 aliphatic heterocycles. The lowest BCUT2D eigenvalue weighted by Gasteiger charge is -2.10. The Morgan fingerprint density at radius 1 is 1.12 bits per heavy atom. The number of nitrogens with zero attached hydrogens (tertiary/aromatic N) is 2. The van der Waals surface area contributed by atoms with Crippen molar-refractivity contribution < 1.29 is 8.42 Å². The van der Waals surface area contributed by atoms with Crippen LogP contribution >= 0.6 is 35.0 Å². The minimum Gasteiger partial charge on any atom is -0.329 e. The van der Waals surface area contributed by atoms with Gasteiger partial charge in [-0.2, -0.15) is 0 Å². The van der Waals surface area contributed by atoms with E-state index in [1.165, 1.54) is 30.0 Å². The molecule has 25 heavy (non-hydrogen) atoms. The second-order valence-electron chi connectivity index (χ2n) is 5.13. The minimum absolute atomic E-state index is 0.0619. The van der Waals surface area contributed by atoms with Crippen LogP contribution < -0.4 is 4.72 Å². The average molecular weight is 414 g/mol. The summed E-state index contributed by atoms with van der Waals surface area (Å²) in [7, 11) is -1.92. The number of anilines is 1. The standard InChI is InChI=1S/C16H13Cl2N3O2S2/c1-21-9-8-19-16(21)24-13-5-3-12(4-6-13)20-25(22,23)15-10-11(17)2-7-14(15)18/h2-10,20H,1H3. The van der Waals surface area contributed by atoms with E-state index in [1.807, 2.05) is 29.9 Å². The second-order valence-corrected chi connectivity index (χ2v) is 8.66. The lowest BCUT2D eigenvalue weighted by Crippen LogP contribution is -2.13. The Bertz CT molecular complexity index is 1000. The molecule has 0 saturated heterocycles. The van der Waals surface area contributed by atoms with Gasteiger partial charge in [0.05, 0.1) is 5.02 Å². The van der Waals surface area contributed by atoms with Gasteiger partial charge in [-0.05, 0) is 42.5 Å². The molecule has 0 atom stereocenters. The van der Waals surface area contributed by atoms with Crippen molar-refractivity contribution in [3.8, 4) is 0 Å². The van der Waals surface area contributed by atoms with Gasteiger partial charge in [-0.25, -0.2) is 13.4 Å². The molecule has 1 aromatic heterocycles. The molecular weight excluding hydrogens is 401 g/mol. The van der Waals surface area contributed by atoms with Gasteiger partial charge in [-0.3, -0.25) is 4.72 Å². The number of nitrogens with one attached hydrogen (secondary N) is 1. The SMILES string of the molecule is Cn1ccnc1Sc1ccc(NS(=O)(=O)c2cc(Cl)ccc2Cl)cc1. The fourth-order valence-corrected chi connectivity index (χ4v) is 4.66. The van der Waals surface area contributed by atoms with E-state index in [2.05, 4.69) is 9.71 Å². The Balaban J connectivity index is 1.79. The average Bonchev–Trinajstić information content (AvgIpc) is 2.96. The van der Waals surface area contributed by atoms with Crippen LogP contribution in [-0.4, -0.2) is 18.0 Å². The lowest BCUT2D eigenvalue weighted by molar-refractivity contribution is 0.601. The van der Waals surface area contributed by atoms with E-state index in [9.17, 15) is 8.42 Å². The summed E-state index contributed by atoms with van der Waals surface area (Å²) in [5, 5.41) is 1.25. The largest absolute Gasteiger partial charge is 0.329 e. The molecule has 0 unspecified atom stereocenters. The van der Waals surface area contributed by atoms with Crippen molar-refractivity contribution in [2.24, 2.45) is 7.05 Å². The normalized spacial score (nSPS) is 11.5. The third kappa shape index (κ3) is 4.30. The van der Waals surface area contributed by atoms with Gasteiger partial charge in [0.1, 0.15) is 4.90 Å². The highest BCUT2D eigenvalue weighted by Crippen LogP contribution is 2.29. The van der Waals surface area contributed by atoms with Crippen LogP contribution in [0.15, 0.2) is 69.8 Å². The van der Waals surface area contributed by atoms with E-state index in [0.717, 1.165) is 10.1 Å². The number of hydrogen-bond donors (Lipinski definition) is 1. The zero-order valence-corrected chi connectivity index (χ0v) is 16.1. The smallest absolute Gasteiger partial charge is 0.263 e. The van der Waals surface area contributed by atoms with E-state index in [1.54, 1.807) is 18.3 Å². The summed E-state index contributed by atoms with van der Waals surface area (Å²) in [5.41, 5.74) is 0.431. The summed E-state index contributed by atoms with van der Waals surface area (Å²) in [4.78, 5) is 5.12. The number of sulfonamides is 1. The molecule has 9 heteroatoms. The van der Waals surface area contributed by atoms with Crippen molar-refractivity contribution in [3.05, 3.63) is 64.9 Å². The first-order valence-electron chi connectivity index (χ1n) is 7.08. The third-order valence-corrected chi connectivity index (χ3v) is 6.46. The van der Waals surface area contributed by atoms with Crippen molar-refractivity contribution in [2.75, 3.05) is 4.72 Å². The first kappa shape index (κ1) is 18.1. The van der Waals surface area contributed by atoms with Crippen LogP contribution in [0.3, 0.4) is 0 Å². The molecule has 130 valence electrons. The number of aromatic nitrogens is 2. The van der Waals surface area contributed by atoms with Crippen molar-refractivity contribution in [2.45, 2.75) is 14.9 Å². The Morgan fingerprint density at radius 3 is 2.48 bits per heavy atom. The summed E-state index contributed by atoms with van der Waals surface area (Å²) in [5.74, 6) is 0. The van der Waals surface area contributed by atoms with Crippen LogP contribution in [0.25, 0.3) is 0 Å². The molecule has 0 aliphatic rings. The van der Waals surface area contributed by atoms with Crippen LogP contribution in [0.2, 0.25) is 10.0 Å². The van der Waals surface area contributed by atoms with E-state index >= 15 is 0 Å². The fraction of sp³-hybridized carbons (Fsp3) is 0.0625. The first-order chi connectivity index (χ1) is 11.8. The molecule has 0 bridgehead atoms. The van der Waals surface area contributed by atoms with Crippen LogP contribution in [0, 0.1) is 0 Å². The molecule has 0 amide bonds. The number of halogens is 2. The number of rotatable bonds is 5. The predicted molar refractivity (Wildman–Crippen MR) is 101 cm³/mol.